The minimum absolute atomic E-state index is 0.172. The molecule has 2 aliphatic rings. The first kappa shape index (κ1) is 17.7. The molecule has 1 heterocycles. The molecule has 1 aliphatic carbocycles. The molecule has 2 aromatic rings. The number of imide groups is 1. The van der Waals surface area contributed by atoms with E-state index < -0.39 is 0 Å². The van der Waals surface area contributed by atoms with E-state index in [4.69, 9.17) is 5.26 Å². The average Bonchev–Trinajstić information content (AvgIpc) is 2.99. The molecule has 0 saturated carbocycles. The Labute approximate surface area is 162 Å². The molecule has 6 heteroatoms. The molecular weight excluding hydrogens is 354 g/mol. The number of hydrogen-bond donors (Lipinski definition) is 1. The van der Waals surface area contributed by atoms with E-state index in [0.717, 1.165) is 0 Å². The molecule has 1 aliphatic heterocycles. The van der Waals surface area contributed by atoms with Crippen molar-refractivity contribution in [1.82, 2.24) is 0 Å². The zero-order valence-corrected chi connectivity index (χ0v) is 15.0. The highest BCUT2D eigenvalue weighted by molar-refractivity contribution is 6.22. The Hall–Kier alpha value is -3.72. The first-order chi connectivity index (χ1) is 13.6. The van der Waals surface area contributed by atoms with Gasteiger partial charge in [-0.3, -0.25) is 19.3 Å². The van der Waals surface area contributed by atoms with Gasteiger partial charge >= 0.3 is 0 Å². The van der Waals surface area contributed by atoms with Crippen molar-refractivity contribution in [2.75, 3.05) is 10.2 Å². The molecule has 138 valence electrons. The van der Waals surface area contributed by atoms with Crippen LogP contribution in [0.25, 0.3) is 0 Å². The van der Waals surface area contributed by atoms with Crippen molar-refractivity contribution in [2.45, 2.75) is 12.8 Å². The average molecular weight is 371 g/mol. The first-order valence-corrected chi connectivity index (χ1v) is 9.03. The number of amides is 3. The smallest absolute Gasteiger partial charge is 0.255 e. The van der Waals surface area contributed by atoms with Gasteiger partial charge in [-0.25, -0.2) is 0 Å². The quantitative estimate of drug-likeness (QED) is 0.662. The Morgan fingerprint density at radius 3 is 2.04 bits per heavy atom. The predicted molar refractivity (Wildman–Crippen MR) is 103 cm³/mol. The lowest BCUT2D eigenvalue weighted by atomic mass is 9.85. The Kier molecular flexibility index (Phi) is 4.50. The molecular formula is C22H17N3O3. The number of hydrogen-bond acceptors (Lipinski definition) is 4. The van der Waals surface area contributed by atoms with E-state index in [1.807, 2.05) is 18.2 Å². The third-order valence-corrected chi connectivity index (χ3v) is 5.17. The molecule has 2 aromatic carbocycles. The summed E-state index contributed by atoms with van der Waals surface area (Å²) < 4.78 is 0. The van der Waals surface area contributed by atoms with Crippen LogP contribution in [-0.2, 0) is 9.59 Å². The zero-order valence-electron chi connectivity index (χ0n) is 15.0. The second kappa shape index (κ2) is 7.12. The lowest BCUT2D eigenvalue weighted by molar-refractivity contribution is -0.122. The van der Waals surface area contributed by atoms with Crippen molar-refractivity contribution in [3.63, 3.8) is 0 Å². The van der Waals surface area contributed by atoms with Gasteiger partial charge in [-0.05, 0) is 61.4 Å². The molecule has 0 spiro atoms. The van der Waals surface area contributed by atoms with Crippen molar-refractivity contribution in [3.8, 4) is 6.07 Å². The SMILES string of the molecule is N#Cc1ccc(NC(=O)c2ccc(N3C(=O)C4CC=CCC4C3=O)cc2)cc1. The number of benzene rings is 2. The summed E-state index contributed by atoms with van der Waals surface area (Å²) >= 11 is 0. The molecule has 4 rings (SSSR count). The summed E-state index contributed by atoms with van der Waals surface area (Å²) in [7, 11) is 0. The van der Waals surface area contributed by atoms with Crippen LogP contribution in [0.4, 0.5) is 11.4 Å². The van der Waals surface area contributed by atoms with E-state index in [2.05, 4.69) is 5.32 Å². The van der Waals surface area contributed by atoms with E-state index in [1.54, 1.807) is 48.5 Å². The molecule has 28 heavy (non-hydrogen) atoms. The maximum absolute atomic E-state index is 12.6. The number of nitriles is 1. The highest BCUT2D eigenvalue weighted by Crippen LogP contribution is 2.37. The fourth-order valence-electron chi connectivity index (χ4n) is 3.65. The van der Waals surface area contributed by atoms with Gasteiger partial charge in [0, 0.05) is 11.3 Å². The van der Waals surface area contributed by atoms with Crippen molar-refractivity contribution < 1.29 is 14.4 Å². The van der Waals surface area contributed by atoms with Gasteiger partial charge in [0.15, 0.2) is 0 Å². The molecule has 6 nitrogen and oxygen atoms in total. The van der Waals surface area contributed by atoms with E-state index in [1.165, 1.54) is 4.90 Å². The fraction of sp³-hybridized carbons (Fsp3) is 0.182. The Balaban J connectivity index is 1.49. The van der Waals surface area contributed by atoms with E-state index in [9.17, 15) is 14.4 Å². The summed E-state index contributed by atoms with van der Waals surface area (Å²) in [5.74, 6) is -1.22. The molecule has 1 fully saturated rings. The number of rotatable bonds is 3. The molecule has 1 N–H and O–H groups in total. The van der Waals surface area contributed by atoms with Crippen LogP contribution in [0, 0.1) is 23.2 Å². The molecule has 3 amide bonds. The second-order valence-corrected chi connectivity index (χ2v) is 6.86. The van der Waals surface area contributed by atoms with Gasteiger partial charge < -0.3 is 5.32 Å². The van der Waals surface area contributed by atoms with Crippen LogP contribution >= 0.6 is 0 Å². The summed E-state index contributed by atoms with van der Waals surface area (Å²) in [6.07, 6.45) is 5.09. The van der Waals surface area contributed by atoms with Gasteiger partial charge in [-0.15, -0.1) is 0 Å². The van der Waals surface area contributed by atoms with Gasteiger partial charge in [0.1, 0.15) is 0 Å². The number of nitrogens with zero attached hydrogens (tertiary/aromatic N) is 2. The van der Waals surface area contributed by atoms with Crippen molar-refractivity contribution in [2.24, 2.45) is 11.8 Å². The monoisotopic (exact) mass is 371 g/mol. The Bertz CT molecular complexity index is 990. The third kappa shape index (κ3) is 3.08. The van der Waals surface area contributed by atoms with Gasteiger partial charge in [0.25, 0.3) is 5.91 Å². The third-order valence-electron chi connectivity index (χ3n) is 5.17. The number of carbonyl (C=O) groups excluding carboxylic acids is 3. The molecule has 1 saturated heterocycles. The van der Waals surface area contributed by atoms with Crippen LogP contribution in [0.1, 0.15) is 28.8 Å². The number of anilines is 2. The second-order valence-electron chi connectivity index (χ2n) is 6.86. The van der Waals surface area contributed by atoms with Crippen LogP contribution in [0.2, 0.25) is 0 Å². The Morgan fingerprint density at radius 1 is 0.929 bits per heavy atom. The topological polar surface area (TPSA) is 90.3 Å². The molecule has 0 aromatic heterocycles. The highest BCUT2D eigenvalue weighted by Gasteiger charge is 2.47. The summed E-state index contributed by atoms with van der Waals surface area (Å²) in [6, 6.07) is 15.0. The summed E-state index contributed by atoms with van der Waals surface area (Å²) in [6.45, 7) is 0. The zero-order chi connectivity index (χ0) is 19.7. The van der Waals surface area contributed by atoms with Crippen LogP contribution < -0.4 is 10.2 Å². The lowest BCUT2D eigenvalue weighted by Crippen LogP contribution is -2.30. The van der Waals surface area contributed by atoms with Gasteiger partial charge in [0.2, 0.25) is 11.8 Å². The minimum Gasteiger partial charge on any atom is -0.322 e. The van der Waals surface area contributed by atoms with Crippen LogP contribution in [0.15, 0.2) is 60.7 Å². The van der Waals surface area contributed by atoms with Gasteiger partial charge in [0.05, 0.1) is 29.2 Å². The maximum Gasteiger partial charge on any atom is 0.255 e. The predicted octanol–water partition coefficient (Wildman–Crippen LogP) is 3.27. The van der Waals surface area contributed by atoms with Crippen LogP contribution in [0.5, 0.6) is 0 Å². The largest absolute Gasteiger partial charge is 0.322 e. The van der Waals surface area contributed by atoms with E-state index in [-0.39, 0.29) is 29.6 Å². The molecule has 2 atom stereocenters. The molecule has 0 radical (unpaired) electrons. The van der Waals surface area contributed by atoms with Crippen molar-refractivity contribution in [1.29, 1.82) is 5.26 Å². The summed E-state index contributed by atoms with van der Waals surface area (Å²) in [5.41, 5.74) is 1.98. The van der Waals surface area contributed by atoms with Gasteiger partial charge in [-0.2, -0.15) is 5.26 Å². The van der Waals surface area contributed by atoms with Crippen molar-refractivity contribution in [3.05, 3.63) is 71.8 Å². The lowest BCUT2D eigenvalue weighted by Gasteiger charge is -2.15. The van der Waals surface area contributed by atoms with E-state index >= 15 is 0 Å². The summed E-state index contributed by atoms with van der Waals surface area (Å²) in [4.78, 5) is 38.9. The number of allylic oxidation sites excluding steroid dienone is 2. The standard InChI is InChI=1S/C22H17N3O3/c23-13-14-5-9-16(10-6-14)24-20(26)15-7-11-17(12-8-15)25-21(27)18-3-1-2-4-19(18)22(25)28/h1-2,5-12,18-19H,3-4H2,(H,24,26). The summed E-state index contributed by atoms with van der Waals surface area (Å²) in [5, 5.41) is 11.6. The number of carbonyl (C=O) groups is 3. The van der Waals surface area contributed by atoms with Crippen molar-refractivity contribution >= 4 is 29.1 Å². The number of nitrogens with one attached hydrogen (secondary N) is 1. The Morgan fingerprint density at radius 2 is 1.50 bits per heavy atom. The van der Waals surface area contributed by atoms with Crippen LogP contribution in [0.3, 0.4) is 0 Å². The minimum atomic E-state index is -0.312. The fourth-order valence-corrected chi connectivity index (χ4v) is 3.65. The van der Waals surface area contributed by atoms with Crippen LogP contribution in [-0.4, -0.2) is 17.7 Å². The highest BCUT2D eigenvalue weighted by atomic mass is 16.2. The number of fused-ring (bicyclic) bond motifs is 1. The molecule has 2 unspecified atom stereocenters. The maximum atomic E-state index is 12.6. The first-order valence-electron chi connectivity index (χ1n) is 9.03. The normalized spacial score (nSPS) is 20.6. The van der Waals surface area contributed by atoms with Gasteiger partial charge in [-0.1, -0.05) is 12.2 Å². The molecule has 0 bridgehead atoms. The van der Waals surface area contributed by atoms with E-state index in [0.29, 0.717) is 35.3 Å².